The molecule has 1 aromatic carbocycles. The summed E-state index contributed by atoms with van der Waals surface area (Å²) in [6, 6.07) is 6.78. The van der Waals surface area contributed by atoms with E-state index in [4.69, 9.17) is 0 Å². The highest BCUT2D eigenvalue weighted by Crippen LogP contribution is 2.15. The van der Waals surface area contributed by atoms with E-state index < -0.39 is 0 Å². The molecular formula is C16H24FN3. The fourth-order valence-corrected chi connectivity index (χ4v) is 2.56. The van der Waals surface area contributed by atoms with Crippen LogP contribution in [0.15, 0.2) is 29.3 Å². The summed E-state index contributed by atoms with van der Waals surface area (Å²) in [4.78, 5) is 6.65. The summed E-state index contributed by atoms with van der Waals surface area (Å²) in [6.07, 6.45) is 3.26. The van der Waals surface area contributed by atoms with E-state index in [2.05, 4.69) is 22.1 Å². The number of halogens is 1. The third-order valence-electron chi connectivity index (χ3n) is 3.88. The topological polar surface area (TPSA) is 27.6 Å². The molecule has 0 aromatic heterocycles. The number of rotatable bonds is 3. The number of guanidine groups is 1. The minimum absolute atomic E-state index is 0.170. The van der Waals surface area contributed by atoms with Crippen LogP contribution in [0.3, 0.4) is 0 Å². The number of hydrogen-bond donors (Lipinski definition) is 1. The third-order valence-corrected chi connectivity index (χ3v) is 3.88. The van der Waals surface area contributed by atoms with Gasteiger partial charge in [0.1, 0.15) is 5.82 Å². The van der Waals surface area contributed by atoms with E-state index in [0.717, 1.165) is 43.5 Å². The minimum Gasteiger partial charge on any atom is -0.356 e. The molecule has 1 aromatic rings. The second kappa shape index (κ2) is 7.27. The standard InChI is InChI=1S/C16H24FN3/c1-13-7-10-20(11-8-13)16(18-2)19-9-6-14-4-3-5-15(17)12-14/h3-5,12-13H,6-11H2,1-2H3,(H,18,19). The van der Waals surface area contributed by atoms with Crippen LogP contribution >= 0.6 is 0 Å². The predicted molar refractivity (Wildman–Crippen MR) is 81.4 cm³/mol. The Hall–Kier alpha value is -1.58. The third kappa shape index (κ3) is 4.22. The van der Waals surface area contributed by atoms with Crippen LogP contribution < -0.4 is 5.32 Å². The van der Waals surface area contributed by atoms with Gasteiger partial charge < -0.3 is 10.2 Å². The van der Waals surface area contributed by atoms with Crippen molar-refractivity contribution in [2.75, 3.05) is 26.7 Å². The van der Waals surface area contributed by atoms with Crippen molar-refractivity contribution >= 4 is 5.96 Å². The Morgan fingerprint density at radius 1 is 1.40 bits per heavy atom. The Morgan fingerprint density at radius 3 is 2.80 bits per heavy atom. The molecule has 110 valence electrons. The van der Waals surface area contributed by atoms with Crippen LogP contribution in [0.1, 0.15) is 25.3 Å². The van der Waals surface area contributed by atoms with Gasteiger partial charge in [0.15, 0.2) is 5.96 Å². The maximum atomic E-state index is 13.1. The molecule has 1 aliphatic heterocycles. The lowest BCUT2D eigenvalue weighted by molar-refractivity contribution is 0.273. The zero-order valence-corrected chi connectivity index (χ0v) is 12.4. The molecule has 3 nitrogen and oxygen atoms in total. The van der Waals surface area contributed by atoms with Crippen molar-refractivity contribution in [2.24, 2.45) is 10.9 Å². The van der Waals surface area contributed by atoms with Gasteiger partial charge >= 0.3 is 0 Å². The number of hydrogen-bond acceptors (Lipinski definition) is 1. The molecule has 0 spiro atoms. The molecule has 1 N–H and O–H groups in total. The monoisotopic (exact) mass is 277 g/mol. The Balaban J connectivity index is 1.80. The van der Waals surface area contributed by atoms with Crippen LogP contribution in [-0.2, 0) is 6.42 Å². The lowest BCUT2D eigenvalue weighted by atomic mass is 10.00. The molecule has 1 fully saturated rings. The number of benzene rings is 1. The Kier molecular flexibility index (Phi) is 5.39. The van der Waals surface area contributed by atoms with Crippen molar-refractivity contribution in [3.8, 4) is 0 Å². The van der Waals surface area contributed by atoms with Crippen LogP contribution in [0, 0.1) is 11.7 Å². The first-order chi connectivity index (χ1) is 9.69. The molecule has 0 saturated carbocycles. The molecule has 20 heavy (non-hydrogen) atoms. The lowest BCUT2D eigenvalue weighted by Gasteiger charge is -2.32. The van der Waals surface area contributed by atoms with Crippen molar-refractivity contribution in [3.63, 3.8) is 0 Å². The smallest absolute Gasteiger partial charge is 0.193 e. The summed E-state index contributed by atoms with van der Waals surface area (Å²) in [5.41, 5.74) is 1.01. The summed E-state index contributed by atoms with van der Waals surface area (Å²) in [5, 5.41) is 3.38. The number of aliphatic imine (C=N–C) groups is 1. The van der Waals surface area contributed by atoms with Crippen LogP contribution in [-0.4, -0.2) is 37.5 Å². The zero-order valence-electron chi connectivity index (χ0n) is 12.4. The van der Waals surface area contributed by atoms with E-state index in [1.54, 1.807) is 12.1 Å². The van der Waals surface area contributed by atoms with E-state index >= 15 is 0 Å². The second-order valence-electron chi connectivity index (χ2n) is 5.52. The Bertz CT molecular complexity index is 451. The molecule has 0 radical (unpaired) electrons. The first kappa shape index (κ1) is 14.8. The van der Waals surface area contributed by atoms with Crippen molar-refractivity contribution in [3.05, 3.63) is 35.6 Å². The minimum atomic E-state index is -0.170. The molecule has 1 heterocycles. The average Bonchev–Trinajstić information content (AvgIpc) is 2.45. The number of nitrogens with one attached hydrogen (secondary N) is 1. The molecule has 1 saturated heterocycles. The molecule has 0 bridgehead atoms. The summed E-state index contributed by atoms with van der Waals surface area (Å²) in [7, 11) is 1.82. The van der Waals surface area contributed by atoms with Gasteiger partial charge in [0.2, 0.25) is 0 Å². The molecule has 0 atom stereocenters. The molecule has 0 unspecified atom stereocenters. The van der Waals surface area contributed by atoms with Gasteiger partial charge in [-0.15, -0.1) is 0 Å². The van der Waals surface area contributed by atoms with Crippen molar-refractivity contribution in [1.82, 2.24) is 10.2 Å². The molecule has 2 rings (SSSR count). The van der Waals surface area contributed by atoms with Crippen molar-refractivity contribution in [1.29, 1.82) is 0 Å². The van der Waals surface area contributed by atoms with Gasteiger partial charge in [-0.1, -0.05) is 19.1 Å². The van der Waals surface area contributed by atoms with Gasteiger partial charge in [-0.3, -0.25) is 4.99 Å². The lowest BCUT2D eigenvalue weighted by Crippen LogP contribution is -2.45. The number of nitrogens with zero attached hydrogens (tertiary/aromatic N) is 2. The van der Waals surface area contributed by atoms with Gasteiger partial charge in [-0.25, -0.2) is 4.39 Å². The van der Waals surface area contributed by atoms with Gasteiger partial charge in [-0.05, 0) is 42.9 Å². The largest absolute Gasteiger partial charge is 0.356 e. The highest BCUT2D eigenvalue weighted by molar-refractivity contribution is 5.79. The van der Waals surface area contributed by atoms with Gasteiger partial charge in [0.25, 0.3) is 0 Å². The maximum absolute atomic E-state index is 13.1. The summed E-state index contributed by atoms with van der Waals surface area (Å²) in [5.74, 6) is 1.61. The Morgan fingerprint density at radius 2 is 2.15 bits per heavy atom. The molecular weight excluding hydrogens is 253 g/mol. The highest BCUT2D eigenvalue weighted by Gasteiger charge is 2.18. The fraction of sp³-hybridized carbons (Fsp3) is 0.562. The van der Waals surface area contributed by atoms with E-state index in [1.165, 1.54) is 18.9 Å². The fourth-order valence-electron chi connectivity index (χ4n) is 2.56. The van der Waals surface area contributed by atoms with E-state index in [-0.39, 0.29) is 5.82 Å². The maximum Gasteiger partial charge on any atom is 0.193 e. The summed E-state index contributed by atoms with van der Waals surface area (Å²) in [6.45, 7) is 5.22. The van der Waals surface area contributed by atoms with Crippen LogP contribution in [0.5, 0.6) is 0 Å². The molecule has 0 aliphatic carbocycles. The molecule has 4 heteroatoms. The number of piperidine rings is 1. The first-order valence-corrected chi connectivity index (χ1v) is 7.39. The predicted octanol–water partition coefficient (Wildman–Crippen LogP) is 2.68. The van der Waals surface area contributed by atoms with Crippen LogP contribution in [0.2, 0.25) is 0 Å². The second-order valence-corrected chi connectivity index (χ2v) is 5.52. The highest BCUT2D eigenvalue weighted by atomic mass is 19.1. The SMILES string of the molecule is CN=C(NCCc1cccc(F)c1)N1CCC(C)CC1. The zero-order chi connectivity index (χ0) is 14.4. The van der Waals surface area contributed by atoms with E-state index in [0.29, 0.717) is 0 Å². The summed E-state index contributed by atoms with van der Waals surface area (Å²) < 4.78 is 13.1. The normalized spacial score (nSPS) is 17.4. The number of likely N-dealkylation sites (tertiary alicyclic amines) is 1. The average molecular weight is 277 g/mol. The summed E-state index contributed by atoms with van der Waals surface area (Å²) >= 11 is 0. The van der Waals surface area contributed by atoms with Crippen LogP contribution in [0.4, 0.5) is 4.39 Å². The van der Waals surface area contributed by atoms with E-state index in [1.807, 2.05) is 13.1 Å². The Labute approximate surface area is 120 Å². The molecule has 1 aliphatic rings. The quantitative estimate of drug-likeness (QED) is 0.679. The van der Waals surface area contributed by atoms with Crippen molar-refractivity contribution in [2.45, 2.75) is 26.2 Å². The van der Waals surface area contributed by atoms with Crippen LogP contribution in [0.25, 0.3) is 0 Å². The molecule has 0 amide bonds. The van der Waals surface area contributed by atoms with Gasteiger partial charge in [0.05, 0.1) is 0 Å². The van der Waals surface area contributed by atoms with Gasteiger partial charge in [-0.2, -0.15) is 0 Å². The van der Waals surface area contributed by atoms with E-state index in [9.17, 15) is 4.39 Å². The van der Waals surface area contributed by atoms with Crippen molar-refractivity contribution < 1.29 is 4.39 Å². The van der Waals surface area contributed by atoms with Gasteiger partial charge in [0, 0.05) is 26.7 Å². The first-order valence-electron chi connectivity index (χ1n) is 7.39.